The molecule has 0 saturated carbocycles. The van der Waals surface area contributed by atoms with Gasteiger partial charge < -0.3 is 63.0 Å². The van der Waals surface area contributed by atoms with Crippen LogP contribution in [0, 0.1) is 5.41 Å². The number of aliphatic carboxylic acids is 3. The maximum absolute atomic E-state index is 14.7. The Bertz CT molecular complexity index is 2560. The zero-order valence-electron chi connectivity index (χ0n) is 43.8. The number of carboxylic acids is 3. The summed E-state index contributed by atoms with van der Waals surface area (Å²) in [6.45, 7) is -0.0501. The Morgan fingerprint density at radius 1 is 0.603 bits per heavy atom. The molecule has 3 aromatic carbocycles. The minimum Gasteiger partial charge on any atom is -0.508 e. The van der Waals surface area contributed by atoms with Crippen LogP contribution in [0.4, 0.5) is 0 Å². The molecule has 0 radical (unpaired) electrons. The van der Waals surface area contributed by atoms with Crippen LogP contribution in [0.3, 0.4) is 0 Å². The van der Waals surface area contributed by atoms with Gasteiger partial charge in [0.15, 0.2) is 5.96 Å². The average molecular weight is 1090 g/mol. The van der Waals surface area contributed by atoms with Gasteiger partial charge in [0.1, 0.15) is 29.9 Å². The van der Waals surface area contributed by atoms with Crippen molar-refractivity contribution in [3.05, 3.63) is 77.9 Å². The summed E-state index contributed by atoms with van der Waals surface area (Å²) in [5, 5.41) is 64.5. The molecule has 26 heteroatoms. The number of guanidine groups is 1. The number of amides is 6. The Hall–Kier alpha value is -7.94. The quantitative estimate of drug-likeness (QED) is 0.0313. The number of hydrogen-bond donors (Lipinski definition) is 12. The van der Waals surface area contributed by atoms with Gasteiger partial charge in [-0.2, -0.15) is 0 Å². The first kappa shape index (κ1) is 60.9. The van der Waals surface area contributed by atoms with E-state index in [-0.39, 0.29) is 142 Å². The number of benzene rings is 3. The smallest absolute Gasteiger partial charge is 0.317 e. The maximum atomic E-state index is 14.7. The van der Waals surface area contributed by atoms with Crippen LogP contribution in [0.5, 0.6) is 5.75 Å². The van der Waals surface area contributed by atoms with E-state index in [0.717, 1.165) is 15.7 Å². The van der Waals surface area contributed by atoms with Gasteiger partial charge in [0, 0.05) is 85.3 Å². The predicted molar refractivity (Wildman–Crippen MR) is 285 cm³/mol. The van der Waals surface area contributed by atoms with E-state index in [2.05, 4.69) is 31.9 Å². The fourth-order valence-electron chi connectivity index (χ4n) is 9.22. The normalized spacial score (nSPS) is 20.6. The fraction of sp³-hybridized carbons (Fsp3) is 0.500. The first-order valence-electron chi connectivity index (χ1n) is 25.8. The molecule has 2 fully saturated rings. The minimum absolute atomic E-state index is 0.00519. The van der Waals surface area contributed by atoms with Crippen LogP contribution in [0.1, 0.15) is 36.8 Å². The van der Waals surface area contributed by atoms with E-state index in [0.29, 0.717) is 11.1 Å². The third kappa shape index (κ3) is 20.9. The first-order chi connectivity index (χ1) is 37.2. The first-order valence-corrected chi connectivity index (χ1v) is 25.8. The fourth-order valence-corrected chi connectivity index (χ4v) is 9.22. The number of fused-ring (bicyclic) bond motifs is 1. The van der Waals surface area contributed by atoms with E-state index < -0.39 is 84.1 Å². The van der Waals surface area contributed by atoms with E-state index in [1.165, 1.54) is 19.2 Å². The van der Waals surface area contributed by atoms with Crippen molar-refractivity contribution in [3.8, 4) is 5.75 Å². The number of carbonyl (C=O) groups excluding carboxylic acids is 6. The number of likely N-dealkylation sites (N-methyl/N-ethyl adjacent to an activating group) is 1. The summed E-state index contributed by atoms with van der Waals surface area (Å²) in [5.74, 6) is -7.75. The molecule has 2 aliphatic rings. The second-order valence-corrected chi connectivity index (χ2v) is 19.4. The molecule has 26 nitrogen and oxygen atoms in total. The van der Waals surface area contributed by atoms with Gasteiger partial charge in [-0.15, -0.1) is 0 Å². The van der Waals surface area contributed by atoms with Crippen LogP contribution in [0.15, 0.2) is 66.7 Å². The molecule has 0 unspecified atom stereocenters. The molecule has 0 aliphatic carbocycles. The van der Waals surface area contributed by atoms with E-state index >= 15 is 0 Å². The summed E-state index contributed by atoms with van der Waals surface area (Å²) in [6, 6.07) is 14.0. The summed E-state index contributed by atoms with van der Waals surface area (Å²) in [7, 11) is 1.37. The molecule has 2 saturated heterocycles. The number of rotatable bonds is 20. The van der Waals surface area contributed by atoms with Crippen molar-refractivity contribution in [1.82, 2.24) is 56.4 Å². The molecule has 0 spiro atoms. The Kier molecular flexibility index (Phi) is 24.0. The zero-order valence-corrected chi connectivity index (χ0v) is 43.8. The summed E-state index contributed by atoms with van der Waals surface area (Å²) in [5.41, 5.74) is 6.74. The summed E-state index contributed by atoms with van der Waals surface area (Å²) >= 11 is 0. The van der Waals surface area contributed by atoms with Crippen molar-refractivity contribution in [3.63, 3.8) is 0 Å². The molecule has 3 aromatic rings. The van der Waals surface area contributed by atoms with Crippen LogP contribution in [0.25, 0.3) is 10.8 Å². The number of carboxylic acid groups (broad SMARTS) is 3. The highest BCUT2D eigenvalue weighted by molar-refractivity contribution is 5.97. The highest BCUT2D eigenvalue weighted by Gasteiger charge is 2.36. The number of nitrogens with zero attached hydrogens (tertiary/aromatic N) is 5. The van der Waals surface area contributed by atoms with Gasteiger partial charge in [-0.25, -0.2) is 0 Å². The van der Waals surface area contributed by atoms with Crippen molar-refractivity contribution in [2.75, 3.05) is 105 Å². The topological polar surface area (TPSA) is 373 Å². The second-order valence-electron chi connectivity index (χ2n) is 19.4. The minimum atomic E-state index is -1.31. The monoisotopic (exact) mass is 1090 g/mol. The molecule has 0 bridgehead atoms. The maximum Gasteiger partial charge on any atom is 0.317 e. The highest BCUT2D eigenvalue weighted by atomic mass is 16.4. The van der Waals surface area contributed by atoms with Gasteiger partial charge in [-0.05, 0) is 59.7 Å². The highest BCUT2D eigenvalue weighted by Crippen LogP contribution is 2.19. The number of carbonyl (C=O) groups is 9. The van der Waals surface area contributed by atoms with Crippen molar-refractivity contribution in [2.45, 2.75) is 62.7 Å². The molecular weight excluding hydrogens is 1010 g/mol. The van der Waals surface area contributed by atoms with Crippen LogP contribution in [-0.2, 0) is 56.0 Å². The van der Waals surface area contributed by atoms with Crippen LogP contribution in [-0.4, -0.2) is 234 Å². The third-order valence-corrected chi connectivity index (χ3v) is 13.4. The second kappa shape index (κ2) is 30.7. The Morgan fingerprint density at radius 2 is 1.10 bits per heavy atom. The molecular formula is C52H73N13O13. The summed E-state index contributed by atoms with van der Waals surface area (Å²) in [4.78, 5) is 128. The lowest BCUT2D eigenvalue weighted by atomic mass is 10.00. The van der Waals surface area contributed by atoms with Crippen LogP contribution in [0.2, 0.25) is 0 Å². The SMILES string of the molecule is CN1C(=O)[C@@H](Cc2ccc(O)cc2)NC(=O)CNC(=O)[C@H](Cc2ccc3ccccc3c2)NC(=O)[C@H](CCCNC(=N)N)NC(=O)[C@H]1CCCNC(=O)CN1CCN(CC(=O)O)CCN(CC(=O)O)CCN(CC(=O)O)CC1. The Morgan fingerprint density at radius 3 is 1.67 bits per heavy atom. The number of aromatic hydroxyl groups is 1. The van der Waals surface area contributed by atoms with Crippen LogP contribution >= 0.6 is 0 Å². The zero-order chi connectivity index (χ0) is 56.7. The van der Waals surface area contributed by atoms with Gasteiger partial charge in [0.2, 0.25) is 35.4 Å². The molecule has 2 aliphatic heterocycles. The summed E-state index contributed by atoms with van der Waals surface area (Å²) < 4.78 is 0. The largest absolute Gasteiger partial charge is 0.508 e. The summed E-state index contributed by atoms with van der Waals surface area (Å²) in [6.07, 6.45) is 0.147. The molecule has 2 heterocycles. The van der Waals surface area contributed by atoms with E-state index in [1.54, 1.807) is 31.7 Å². The van der Waals surface area contributed by atoms with Gasteiger partial charge in [0.05, 0.1) is 32.7 Å². The average Bonchev–Trinajstić information content (AvgIpc) is 3.38. The van der Waals surface area contributed by atoms with E-state index in [9.17, 15) is 63.6 Å². The van der Waals surface area contributed by atoms with Gasteiger partial charge in [-0.1, -0.05) is 54.6 Å². The van der Waals surface area contributed by atoms with Gasteiger partial charge >= 0.3 is 17.9 Å². The number of phenolic OH excluding ortho intramolecular Hbond substituents is 1. The Labute approximate surface area is 451 Å². The molecule has 0 aromatic heterocycles. The van der Waals surface area contributed by atoms with Gasteiger partial charge in [0.25, 0.3) is 0 Å². The van der Waals surface area contributed by atoms with Gasteiger partial charge in [-0.3, -0.25) is 68.2 Å². The lowest BCUT2D eigenvalue weighted by Crippen LogP contribution is -2.58. The third-order valence-electron chi connectivity index (χ3n) is 13.4. The predicted octanol–water partition coefficient (Wildman–Crippen LogP) is -2.62. The standard InChI is InChI=1S/C52H73N13O13/c1-61-42(9-5-16-55-44(68)30-62-18-20-63(31-45(69)70)22-24-65(33-47(73)74)25-23-64(21-19-62)32-46(71)72)50(77)59-39(8-4-17-56-52(53)54)49(76)60-40(28-35-10-13-36-6-2-3-7-37(36)26-35)48(75)57-29-43(67)58-41(51(61)78)27-34-11-14-38(66)15-12-34/h2-3,6-7,10-15,26,39-42,66H,4-5,8-9,16-25,27-33H2,1H3,(H,55,68)(H,57,75)(H,58,67)(H,59,77)(H,60,76)(H,69,70)(H,71,72)(H,73,74)(H4,53,54,56)/t39-,40-,41+,42+/m0/s1. The van der Waals surface area contributed by atoms with Crippen molar-refractivity contribution >= 4 is 70.1 Å². The number of phenols is 1. The number of hydrogen-bond acceptors (Lipinski definition) is 15. The lowest BCUT2D eigenvalue weighted by molar-refractivity contribution is -0.142. The molecule has 5 rings (SSSR count). The van der Waals surface area contributed by atoms with Crippen molar-refractivity contribution in [2.24, 2.45) is 5.73 Å². The molecule has 424 valence electrons. The van der Waals surface area contributed by atoms with E-state index in [1.807, 2.05) is 42.5 Å². The molecule has 6 amide bonds. The van der Waals surface area contributed by atoms with E-state index in [4.69, 9.17) is 11.1 Å². The Balaban J connectivity index is 1.38. The molecule has 78 heavy (non-hydrogen) atoms. The number of nitrogens with one attached hydrogen (secondary N) is 7. The number of nitrogens with two attached hydrogens (primary N) is 1. The van der Waals surface area contributed by atoms with Crippen molar-refractivity contribution < 1.29 is 63.6 Å². The van der Waals surface area contributed by atoms with Crippen molar-refractivity contribution in [1.29, 1.82) is 5.41 Å². The molecule has 13 N–H and O–H groups in total. The molecule has 4 atom stereocenters. The lowest BCUT2D eigenvalue weighted by Gasteiger charge is -2.33. The van der Waals surface area contributed by atoms with Crippen LogP contribution < -0.4 is 37.6 Å².